The standard InChI is InChI=1S/C24H28ClN5O/c1-4-13-30-16-20(17(3)29-30)15-26-24(27-22-12-7-6-9-18(22)5-2)28-23(31)19-10-8-11-21(25)14-19/h6-12,14,16H,4-5,13,15H2,1-3H3,(H2,26,27,28,31). The van der Waals surface area contributed by atoms with Crippen LogP contribution >= 0.6 is 11.6 Å². The molecule has 0 aliphatic heterocycles. The number of benzene rings is 2. The number of nitrogens with zero attached hydrogens (tertiary/aromatic N) is 3. The van der Waals surface area contributed by atoms with Crippen LogP contribution < -0.4 is 10.6 Å². The minimum Gasteiger partial charge on any atom is -0.326 e. The summed E-state index contributed by atoms with van der Waals surface area (Å²) in [7, 11) is 0. The summed E-state index contributed by atoms with van der Waals surface area (Å²) in [4.78, 5) is 17.5. The molecule has 0 bridgehead atoms. The number of carbonyl (C=O) groups is 1. The van der Waals surface area contributed by atoms with Crippen molar-refractivity contribution in [2.75, 3.05) is 5.32 Å². The summed E-state index contributed by atoms with van der Waals surface area (Å²) < 4.78 is 1.93. The number of para-hydroxylation sites is 1. The number of halogens is 1. The highest BCUT2D eigenvalue weighted by molar-refractivity contribution is 6.31. The maximum atomic E-state index is 12.8. The van der Waals surface area contributed by atoms with Crippen LogP contribution in [-0.2, 0) is 19.5 Å². The molecule has 0 atom stereocenters. The molecule has 0 spiro atoms. The third kappa shape index (κ3) is 6.18. The number of nitrogens with one attached hydrogen (secondary N) is 2. The van der Waals surface area contributed by atoms with Crippen LogP contribution in [0.4, 0.5) is 5.69 Å². The van der Waals surface area contributed by atoms with E-state index in [1.165, 1.54) is 0 Å². The van der Waals surface area contributed by atoms with Crippen molar-refractivity contribution in [2.45, 2.75) is 46.7 Å². The van der Waals surface area contributed by atoms with Gasteiger partial charge in [-0.25, -0.2) is 4.99 Å². The number of aliphatic imine (C=N–C) groups is 1. The van der Waals surface area contributed by atoms with Crippen molar-refractivity contribution in [3.05, 3.63) is 82.1 Å². The monoisotopic (exact) mass is 437 g/mol. The van der Waals surface area contributed by atoms with Crippen LogP contribution in [-0.4, -0.2) is 21.6 Å². The summed E-state index contributed by atoms with van der Waals surface area (Å²) in [5.74, 6) is 0.106. The zero-order chi connectivity index (χ0) is 22.2. The number of rotatable bonds is 7. The van der Waals surface area contributed by atoms with E-state index in [-0.39, 0.29) is 5.91 Å². The molecular weight excluding hydrogens is 410 g/mol. The summed E-state index contributed by atoms with van der Waals surface area (Å²) in [5.41, 5.74) is 4.48. The molecule has 6 nitrogen and oxygen atoms in total. The lowest BCUT2D eigenvalue weighted by Gasteiger charge is -2.14. The first-order chi connectivity index (χ1) is 15.0. The van der Waals surface area contributed by atoms with E-state index in [1.54, 1.807) is 24.3 Å². The van der Waals surface area contributed by atoms with Crippen molar-refractivity contribution in [2.24, 2.45) is 4.99 Å². The third-order valence-electron chi connectivity index (χ3n) is 4.88. The van der Waals surface area contributed by atoms with Crippen LogP contribution in [0.3, 0.4) is 0 Å². The van der Waals surface area contributed by atoms with E-state index in [0.29, 0.717) is 23.1 Å². The Morgan fingerprint density at radius 1 is 1.13 bits per heavy atom. The maximum Gasteiger partial charge on any atom is 0.258 e. The molecule has 0 saturated heterocycles. The average Bonchev–Trinajstić information content (AvgIpc) is 3.11. The smallest absolute Gasteiger partial charge is 0.258 e. The van der Waals surface area contributed by atoms with Crippen molar-refractivity contribution in [3.63, 3.8) is 0 Å². The van der Waals surface area contributed by atoms with Gasteiger partial charge in [0.25, 0.3) is 5.91 Å². The number of aromatic nitrogens is 2. The molecule has 1 heterocycles. The van der Waals surface area contributed by atoms with E-state index in [9.17, 15) is 4.79 Å². The Bertz CT molecular complexity index is 1070. The number of hydrogen-bond donors (Lipinski definition) is 2. The topological polar surface area (TPSA) is 71.3 Å². The van der Waals surface area contributed by atoms with Gasteiger partial charge in [-0.2, -0.15) is 5.10 Å². The van der Waals surface area contributed by atoms with Crippen LogP contribution in [0.15, 0.2) is 59.7 Å². The van der Waals surface area contributed by atoms with Gasteiger partial charge < -0.3 is 5.32 Å². The molecule has 1 aromatic heterocycles. The first-order valence-corrected chi connectivity index (χ1v) is 10.9. The average molecular weight is 438 g/mol. The molecule has 1 amide bonds. The van der Waals surface area contributed by atoms with E-state index >= 15 is 0 Å². The van der Waals surface area contributed by atoms with Gasteiger partial charge >= 0.3 is 0 Å². The molecule has 31 heavy (non-hydrogen) atoms. The van der Waals surface area contributed by atoms with Crippen molar-refractivity contribution in [1.29, 1.82) is 0 Å². The summed E-state index contributed by atoms with van der Waals surface area (Å²) >= 11 is 6.05. The normalized spacial score (nSPS) is 11.4. The molecule has 0 saturated carbocycles. The van der Waals surface area contributed by atoms with E-state index < -0.39 is 0 Å². The predicted octanol–water partition coefficient (Wildman–Crippen LogP) is 5.22. The number of aryl methyl sites for hydroxylation is 3. The molecule has 0 aliphatic rings. The molecule has 162 valence electrons. The van der Waals surface area contributed by atoms with Crippen LogP contribution in [0, 0.1) is 6.92 Å². The quantitative estimate of drug-likeness (QED) is 0.393. The zero-order valence-electron chi connectivity index (χ0n) is 18.2. The Hall–Kier alpha value is -3.12. The first kappa shape index (κ1) is 22.6. The Labute approximate surface area is 188 Å². The van der Waals surface area contributed by atoms with Gasteiger partial charge in [-0.15, -0.1) is 0 Å². The molecule has 3 aromatic rings. The fraction of sp³-hybridized carbons (Fsp3) is 0.292. The van der Waals surface area contributed by atoms with Gasteiger partial charge in [0.1, 0.15) is 0 Å². The van der Waals surface area contributed by atoms with Crippen LogP contribution in [0.5, 0.6) is 0 Å². The summed E-state index contributed by atoms with van der Waals surface area (Å²) in [5, 5.41) is 11.2. The highest BCUT2D eigenvalue weighted by Gasteiger charge is 2.12. The van der Waals surface area contributed by atoms with Crippen LogP contribution in [0.2, 0.25) is 5.02 Å². The Balaban J connectivity index is 1.86. The number of carbonyl (C=O) groups excluding carboxylic acids is 1. The molecule has 0 radical (unpaired) electrons. The van der Waals surface area contributed by atoms with Gasteiger partial charge in [0.05, 0.1) is 12.2 Å². The highest BCUT2D eigenvalue weighted by Crippen LogP contribution is 2.16. The second-order valence-corrected chi connectivity index (χ2v) is 7.70. The molecular formula is C24H28ClN5O. The Morgan fingerprint density at radius 3 is 2.68 bits per heavy atom. The van der Waals surface area contributed by atoms with Gasteiger partial charge in [0.2, 0.25) is 5.96 Å². The van der Waals surface area contributed by atoms with Crippen LogP contribution in [0.25, 0.3) is 0 Å². The lowest BCUT2D eigenvalue weighted by atomic mass is 10.1. The van der Waals surface area contributed by atoms with Gasteiger partial charge in [0, 0.05) is 34.6 Å². The SMILES string of the molecule is CCCn1cc(CN=C(NC(=O)c2cccc(Cl)c2)Nc2ccccc2CC)c(C)n1. The fourth-order valence-electron chi connectivity index (χ4n) is 3.22. The first-order valence-electron chi connectivity index (χ1n) is 10.5. The molecule has 0 unspecified atom stereocenters. The second-order valence-electron chi connectivity index (χ2n) is 7.27. The number of anilines is 1. The second kappa shape index (κ2) is 10.8. The van der Waals surface area contributed by atoms with E-state index in [4.69, 9.17) is 11.6 Å². The van der Waals surface area contributed by atoms with Crippen molar-refractivity contribution in [3.8, 4) is 0 Å². The van der Waals surface area contributed by atoms with E-state index in [0.717, 1.165) is 41.9 Å². The largest absolute Gasteiger partial charge is 0.326 e. The minimum atomic E-state index is -0.277. The third-order valence-corrected chi connectivity index (χ3v) is 5.11. The predicted molar refractivity (Wildman–Crippen MR) is 127 cm³/mol. The van der Waals surface area contributed by atoms with E-state index in [1.807, 2.05) is 36.0 Å². The van der Waals surface area contributed by atoms with Crippen molar-refractivity contribution < 1.29 is 4.79 Å². The highest BCUT2D eigenvalue weighted by atomic mass is 35.5. The van der Waals surface area contributed by atoms with Crippen molar-refractivity contribution in [1.82, 2.24) is 15.1 Å². The lowest BCUT2D eigenvalue weighted by Crippen LogP contribution is -2.36. The number of guanidine groups is 1. The lowest BCUT2D eigenvalue weighted by molar-refractivity contribution is 0.0977. The Kier molecular flexibility index (Phi) is 7.84. The maximum absolute atomic E-state index is 12.8. The van der Waals surface area contributed by atoms with Gasteiger partial charge in [-0.3, -0.25) is 14.8 Å². The summed E-state index contributed by atoms with van der Waals surface area (Å²) in [6, 6.07) is 14.8. The molecule has 0 fully saturated rings. The minimum absolute atomic E-state index is 0.277. The molecule has 0 aliphatic carbocycles. The van der Waals surface area contributed by atoms with Gasteiger partial charge in [-0.1, -0.05) is 49.7 Å². The zero-order valence-corrected chi connectivity index (χ0v) is 18.9. The van der Waals surface area contributed by atoms with E-state index in [2.05, 4.69) is 40.6 Å². The molecule has 3 rings (SSSR count). The van der Waals surface area contributed by atoms with Crippen molar-refractivity contribution >= 4 is 29.2 Å². The molecule has 2 aromatic carbocycles. The number of amides is 1. The fourth-order valence-corrected chi connectivity index (χ4v) is 3.41. The summed E-state index contributed by atoms with van der Waals surface area (Å²) in [6.07, 6.45) is 3.89. The van der Waals surface area contributed by atoms with Gasteiger partial charge in [0.15, 0.2) is 0 Å². The molecule has 7 heteroatoms. The summed E-state index contributed by atoms with van der Waals surface area (Å²) in [6.45, 7) is 7.45. The van der Waals surface area contributed by atoms with Crippen LogP contribution in [0.1, 0.15) is 47.4 Å². The number of hydrogen-bond acceptors (Lipinski definition) is 3. The van der Waals surface area contributed by atoms with Gasteiger partial charge in [-0.05, 0) is 49.6 Å². The Morgan fingerprint density at radius 2 is 1.94 bits per heavy atom. The molecule has 2 N–H and O–H groups in total.